The minimum atomic E-state index is 0.126. The SMILES string of the molecule is CCCN1C(=O)[C@@H]2CC[C@H]1CN(c1nccc3ccccc13)C2. The van der Waals surface area contributed by atoms with Crippen LogP contribution in [0, 0.1) is 5.92 Å². The molecule has 2 aromatic rings. The quantitative estimate of drug-likeness (QED) is 0.874. The summed E-state index contributed by atoms with van der Waals surface area (Å²) in [6, 6.07) is 10.8. The van der Waals surface area contributed by atoms with Gasteiger partial charge in [-0.2, -0.15) is 0 Å². The van der Waals surface area contributed by atoms with Crippen molar-refractivity contribution < 1.29 is 4.79 Å². The summed E-state index contributed by atoms with van der Waals surface area (Å²) in [6.45, 7) is 4.74. The third-order valence-electron chi connectivity index (χ3n) is 5.21. The van der Waals surface area contributed by atoms with E-state index < -0.39 is 0 Å². The fourth-order valence-electron chi connectivity index (χ4n) is 4.10. The maximum atomic E-state index is 12.7. The molecule has 4 heterocycles. The Morgan fingerprint density at radius 1 is 1.17 bits per heavy atom. The Kier molecular flexibility index (Phi) is 3.68. The van der Waals surface area contributed by atoms with Crippen LogP contribution in [-0.4, -0.2) is 41.5 Å². The van der Waals surface area contributed by atoms with Crippen LogP contribution in [0.3, 0.4) is 0 Å². The summed E-state index contributed by atoms with van der Waals surface area (Å²) < 4.78 is 0. The van der Waals surface area contributed by atoms with Gasteiger partial charge in [-0.1, -0.05) is 31.2 Å². The van der Waals surface area contributed by atoms with Crippen molar-refractivity contribution in [3.05, 3.63) is 36.5 Å². The normalized spacial score (nSPS) is 24.3. The number of piperidine rings is 1. The molecule has 2 atom stereocenters. The first-order valence-corrected chi connectivity index (χ1v) is 8.67. The van der Waals surface area contributed by atoms with Crippen molar-refractivity contribution in [1.82, 2.24) is 9.88 Å². The van der Waals surface area contributed by atoms with Crippen molar-refractivity contribution >= 4 is 22.5 Å². The van der Waals surface area contributed by atoms with E-state index in [0.717, 1.165) is 44.7 Å². The summed E-state index contributed by atoms with van der Waals surface area (Å²) in [6.07, 6.45) is 5.06. The van der Waals surface area contributed by atoms with Crippen LogP contribution in [0.5, 0.6) is 0 Å². The van der Waals surface area contributed by atoms with E-state index in [2.05, 4.69) is 52.0 Å². The van der Waals surface area contributed by atoms with Gasteiger partial charge in [-0.05, 0) is 30.7 Å². The molecule has 1 aromatic heterocycles. The van der Waals surface area contributed by atoms with Crippen LogP contribution in [0.4, 0.5) is 5.82 Å². The second-order valence-corrected chi connectivity index (χ2v) is 6.72. The molecule has 120 valence electrons. The molecule has 2 bridgehead atoms. The van der Waals surface area contributed by atoms with Crippen LogP contribution >= 0.6 is 0 Å². The van der Waals surface area contributed by atoms with Gasteiger partial charge in [0.05, 0.1) is 5.92 Å². The second-order valence-electron chi connectivity index (χ2n) is 6.72. The number of pyridine rings is 1. The molecule has 5 rings (SSSR count). The summed E-state index contributed by atoms with van der Waals surface area (Å²) in [5.41, 5.74) is 0. The molecular weight excluding hydrogens is 286 g/mol. The number of hydrogen-bond donors (Lipinski definition) is 0. The van der Waals surface area contributed by atoms with Crippen LogP contribution in [0.2, 0.25) is 0 Å². The number of hydrogen-bond acceptors (Lipinski definition) is 3. The van der Waals surface area contributed by atoms with Gasteiger partial charge in [-0.15, -0.1) is 0 Å². The fourth-order valence-corrected chi connectivity index (χ4v) is 4.10. The summed E-state index contributed by atoms with van der Waals surface area (Å²) in [7, 11) is 0. The number of amides is 1. The van der Waals surface area contributed by atoms with Crippen molar-refractivity contribution in [2.24, 2.45) is 5.92 Å². The van der Waals surface area contributed by atoms with E-state index in [9.17, 15) is 4.79 Å². The molecule has 0 unspecified atom stereocenters. The van der Waals surface area contributed by atoms with Crippen LogP contribution in [0.1, 0.15) is 26.2 Å². The Morgan fingerprint density at radius 2 is 2.04 bits per heavy atom. The molecule has 3 saturated heterocycles. The summed E-state index contributed by atoms with van der Waals surface area (Å²) in [4.78, 5) is 21.8. The number of anilines is 1. The number of aromatic nitrogens is 1. The van der Waals surface area contributed by atoms with E-state index in [1.807, 2.05) is 6.20 Å². The number of rotatable bonds is 3. The largest absolute Gasteiger partial charge is 0.353 e. The Hall–Kier alpha value is -2.10. The van der Waals surface area contributed by atoms with Gasteiger partial charge in [0.25, 0.3) is 0 Å². The van der Waals surface area contributed by atoms with Gasteiger partial charge in [-0.25, -0.2) is 4.98 Å². The van der Waals surface area contributed by atoms with Gasteiger partial charge >= 0.3 is 0 Å². The molecule has 0 radical (unpaired) electrons. The van der Waals surface area contributed by atoms with E-state index in [0.29, 0.717) is 11.9 Å². The highest BCUT2D eigenvalue weighted by Gasteiger charge is 2.40. The van der Waals surface area contributed by atoms with Gasteiger partial charge in [-0.3, -0.25) is 4.79 Å². The second kappa shape index (κ2) is 5.84. The predicted molar refractivity (Wildman–Crippen MR) is 92.5 cm³/mol. The minimum absolute atomic E-state index is 0.126. The molecule has 0 spiro atoms. The monoisotopic (exact) mass is 309 g/mol. The van der Waals surface area contributed by atoms with E-state index in [4.69, 9.17) is 0 Å². The Bertz CT molecular complexity index is 724. The average molecular weight is 309 g/mol. The lowest BCUT2D eigenvalue weighted by molar-refractivity contribution is -0.139. The average Bonchev–Trinajstić information content (AvgIpc) is 2.87. The van der Waals surface area contributed by atoms with Crippen LogP contribution in [0.25, 0.3) is 10.8 Å². The van der Waals surface area contributed by atoms with Crippen molar-refractivity contribution in [2.75, 3.05) is 24.5 Å². The molecule has 3 aliphatic heterocycles. The third-order valence-corrected chi connectivity index (χ3v) is 5.21. The van der Waals surface area contributed by atoms with Gasteiger partial charge in [0.2, 0.25) is 5.91 Å². The van der Waals surface area contributed by atoms with Crippen molar-refractivity contribution in [1.29, 1.82) is 0 Å². The zero-order valence-electron chi connectivity index (χ0n) is 13.6. The molecule has 3 aliphatic rings. The fraction of sp³-hybridized carbons (Fsp3) is 0.474. The lowest BCUT2D eigenvalue weighted by atomic mass is 9.94. The zero-order valence-corrected chi connectivity index (χ0v) is 13.6. The lowest BCUT2D eigenvalue weighted by Gasteiger charge is -2.35. The molecule has 4 nitrogen and oxygen atoms in total. The number of nitrogens with zero attached hydrogens (tertiary/aromatic N) is 3. The molecular formula is C19H23N3O. The van der Waals surface area contributed by atoms with Gasteiger partial charge in [0.1, 0.15) is 5.82 Å². The third kappa shape index (κ3) is 2.46. The smallest absolute Gasteiger partial charge is 0.227 e. The highest BCUT2D eigenvalue weighted by atomic mass is 16.2. The maximum Gasteiger partial charge on any atom is 0.227 e. The highest BCUT2D eigenvalue weighted by molar-refractivity contribution is 5.92. The van der Waals surface area contributed by atoms with Crippen molar-refractivity contribution in [3.63, 3.8) is 0 Å². The van der Waals surface area contributed by atoms with Crippen molar-refractivity contribution in [2.45, 2.75) is 32.2 Å². The number of carbonyl (C=O) groups excluding carboxylic acids is 1. The van der Waals surface area contributed by atoms with Gasteiger partial charge in [0, 0.05) is 37.3 Å². The molecule has 1 aromatic carbocycles. The van der Waals surface area contributed by atoms with Crippen LogP contribution in [-0.2, 0) is 4.79 Å². The first-order valence-electron chi connectivity index (χ1n) is 8.67. The summed E-state index contributed by atoms with van der Waals surface area (Å²) in [5.74, 6) is 1.51. The summed E-state index contributed by atoms with van der Waals surface area (Å²) >= 11 is 0. The maximum absolute atomic E-state index is 12.7. The number of fused-ring (bicyclic) bond motifs is 5. The number of benzene rings is 1. The molecule has 1 amide bonds. The first-order chi connectivity index (χ1) is 11.3. The van der Waals surface area contributed by atoms with Crippen LogP contribution in [0.15, 0.2) is 36.5 Å². The predicted octanol–water partition coefficient (Wildman–Crippen LogP) is 3.07. The molecule has 4 heteroatoms. The Labute approximate surface area is 137 Å². The Morgan fingerprint density at radius 3 is 2.91 bits per heavy atom. The van der Waals surface area contributed by atoms with E-state index in [-0.39, 0.29) is 5.92 Å². The summed E-state index contributed by atoms with van der Waals surface area (Å²) in [5, 5.41) is 2.40. The molecule has 3 fully saturated rings. The van der Waals surface area contributed by atoms with Gasteiger partial charge in [0.15, 0.2) is 0 Å². The molecule has 0 aliphatic carbocycles. The molecule has 0 N–H and O–H groups in total. The van der Waals surface area contributed by atoms with Gasteiger partial charge < -0.3 is 9.80 Å². The topological polar surface area (TPSA) is 36.4 Å². The zero-order chi connectivity index (χ0) is 15.8. The number of carbonyl (C=O) groups is 1. The lowest BCUT2D eigenvalue weighted by Crippen LogP contribution is -2.48. The van der Waals surface area contributed by atoms with E-state index in [1.54, 1.807) is 0 Å². The minimum Gasteiger partial charge on any atom is -0.353 e. The standard InChI is InChI=1S/C19H23N3O/c1-2-11-22-16-8-7-15(19(22)23)12-21(13-16)18-17-6-4-3-5-14(17)9-10-20-18/h3-6,9-10,15-16H,2,7-8,11-13H2,1H3/t15-,16+/m1/s1. The first kappa shape index (κ1) is 14.5. The highest BCUT2D eigenvalue weighted by Crippen LogP contribution is 2.33. The molecule has 23 heavy (non-hydrogen) atoms. The van der Waals surface area contributed by atoms with Crippen molar-refractivity contribution in [3.8, 4) is 0 Å². The van der Waals surface area contributed by atoms with E-state index >= 15 is 0 Å². The van der Waals surface area contributed by atoms with E-state index in [1.165, 1.54) is 10.8 Å². The Balaban J connectivity index is 1.72. The van der Waals surface area contributed by atoms with Crippen LogP contribution < -0.4 is 4.90 Å². The molecule has 0 saturated carbocycles.